The Labute approximate surface area is 347 Å². The van der Waals surface area contributed by atoms with Gasteiger partial charge in [0.15, 0.2) is 5.92 Å². The molecule has 0 spiro atoms. The van der Waals surface area contributed by atoms with Crippen molar-refractivity contribution >= 4 is 11.9 Å². The van der Waals surface area contributed by atoms with Gasteiger partial charge >= 0.3 is 11.9 Å². The van der Waals surface area contributed by atoms with Gasteiger partial charge in [-0.15, -0.1) is 0 Å². The van der Waals surface area contributed by atoms with Crippen molar-refractivity contribution in [2.75, 3.05) is 13.2 Å². The van der Waals surface area contributed by atoms with Crippen molar-refractivity contribution in [1.29, 1.82) is 0 Å². The van der Waals surface area contributed by atoms with Crippen LogP contribution >= 0.6 is 0 Å². The highest BCUT2D eigenvalue weighted by molar-refractivity contribution is 5.95. The summed E-state index contributed by atoms with van der Waals surface area (Å²) in [6, 6.07) is 3.81. The summed E-state index contributed by atoms with van der Waals surface area (Å²) in [5.74, 6) is -1.72. The van der Waals surface area contributed by atoms with Gasteiger partial charge in [-0.3, -0.25) is 9.59 Å². The van der Waals surface area contributed by atoms with Crippen molar-refractivity contribution in [2.24, 2.45) is 5.92 Å². The van der Waals surface area contributed by atoms with Gasteiger partial charge in [0.05, 0.1) is 13.2 Å². The lowest BCUT2D eigenvalue weighted by atomic mass is 9.83. The highest BCUT2D eigenvalue weighted by Crippen LogP contribution is 2.35. The first kappa shape index (κ1) is 52.0. The lowest BCUT2D eigenvalue weighted by molar-refractivity contribution is -0.162. The molecule has 0 aromatic heterocycles. The molecule has 1 N–H and O–H groups in total. The number of aryl methyl sites for hydroxylation is 1. The molecule has 0 radical (unpaired) electrons. The van der Waals surface area contributed by atoms with E-state index in [1.54, 1.807) is 0 Å². The number of phenols is 1. The fourth-order valence-electron chi connectivity index (χ4n) is 7.89. The van der Waals surface area contributed by atoms with Gasteiger partial charge in [-0.1, -0.05) is 239 Å². The number of rotatable bonds is 38. The summed E-state index contributed by atoms with van der Waals surface area (Å²) in [6.07, 6.45) is 41.6. The molecule has 0 fully saturated rings. The van der Waals surface area contributed by atoms with Crippen molar-refractivity contribution < 1.29 is 24.2 Å². The van der Waals surface area contributed by atoms with Crippen LogP contribution < -0.4 is 0 Å². The van der Waals surface area contributed by atoms with Crippen LogP contribution in [0, 0.1) is 12.8 Å². The number of aromatic hydroxyl groups is 1. The normalized spacial score (nSPS) is 11.8. The maximum absolute atomic E-state index is 13.4. The first-order valence-electron chi connectivity index (χ1n) is 24.3. The Hall–Kier alpha value is -2.04. The fourth-order valence-corrected chi connectivity index (χ4v) is 7.89. The second-order valence-electron chi connectivity index (χ2n) is 18.3. The third-order valence-corrected chi connectivity index (χ3v) is 11.7. The van der Waals surface area contributed by atoms with Crippen LogP contribution in [0.4, 0.5) is 0 Å². The zero-order valence-corrected chi connectivity index (χ0v) is 38.1. The van der Waals surface area contributed by atoms with E-state index in [9.17, 15) is 14.7 Å². The molecule has 0 amide bonds. The largest absolute Gasteiger partial charge is 0.507 e. The molecule has 1 rings (SSSR count). The highest BCUT2D eigenvalue weighted by atomic mass is 16.6. The molecule has 5 nitrogen and oxygen atoms in total. The summed E-state index contributed by atoms with van der Waals surface area (Å²) >= 11 is 0. The van der Waals surface area contributed by atoms with E-state index in [0.29, 0.717) is 13.2 Å². The first-order chi connectivity index (χ1) is 27.1. The zero-order valence-electron chi connectivity index (χ0n) is 38.1. The van der Waals surface area contributed by atoms with Crippen molar-refractivity contribution in [2.45, 2.75) is 259 Å². The zero-order chi connectivity index (χ0) is 41.1. The minimum atomic E-state index is -1.01. The van der Waals surface area contributed by atoms with Gasteiger partial charge in [0.2, 0.25) is 0 Å². The Kier molecular flexibility index (Phi) is 32.4. The standard InChI is InChI=1S/C51H92O5/c1-7-9-11-13-15-17-19-21-23-25-27-29-31-33-35-37-39-55-49(53)46(42-45-41-44(3)48(52)47(43-45)51(4,5)6)50(54)56-40-38-36-34-32-30-28-26-24-22-20-18-16-14-12-10-8-2/h41,43,46,52H,7-40,42H2,1-6H3. The van der Waals surface area contributed by atoms with Crippen LogP contribution in [-0.4, -0.2) is 30.3 Å². The van der Waals surface area contributed by atoms with E-state index < -0.39 is 17.9 Å². The maximum Gasteiger partial charge on any atom is 0.320 e. The van der Waals surface area contributed by atoms with Crippen molar-refractivity contribution in [3.8, 4) is 5.75 Å². The Morgan fingerprint density at radius 3 is 1.07 bits per heavy atom. The first-order valence-corrected chi connectivity index (χ1v) is 24.3. The summed E-state index contributed by atoms with van der Waals surface area (Å²) in [4.78, 5) is 26.8. The Morgan fingerprint density at radius 1 is 0.500 bits per heavy atom. The molecule has 0 saturated heterocycles. The van der Waals surface area contributed by atoms with Crippen LogP contribution in [0.5, 0.6) is 5.75 Å². The fraction of sp³-hybridized carbons (Fsp3) is 0.843. The quantitative estimate of drug-likeness (QED) is 0.0411. The average Bonchev–Trinajstić information content (AvgIpc) is 3.16. The molecule has 1 aromatic carbocycles. The van der Waals surface area contributed by atoms with Gasteiger partial charge < -0.3 is 14.6 Å². The molecule has 0 bridgehead atoms. The summed E-state index contributed by atoms with van der Waals surface area (Å²) in [6.45, 7) is 13.3. The van der Waals surface area contributed by atoms with Crippen LogP contribution in [0.15, 0.2) is 12.1 Å². The topological polar surface area (TPSA) is 72.8 Å². The third kappa shape index (κ3) is 27.6. The average molecular weight is 785 g/mol. The molecule has 56 heavy (non-hydrogen) atoms. The number of carbonyl (C=O) groups is 2. The number of hydrogen-bond donors (Lipinski definition) is 1. The smallest absolute Gasteiger partial charge is 0.320 e. The lowest BCUT2D eigenvalue weighted by Gasteiger charge is -2.23. The van der Waals surface area contributed by atoms with E-state index in [1.807, 2.05) is 19.1 Å². The molecule has 0 aliphatic heterocycles. The summed E-state index contributed by atoms with van der Waals surface area (Å²) in [5.41, 5.74) is 2.12. The van der Waals surface area contributed by atoms with E-state index >= 15 is 0 Å². The number of benzene rings is 1. The predicted octanol–water partition coefficient (Wildman–Crippen LogP) is 15.8. The molecule has 0 atom stereocenters. The van der Waals surface area contributed by atoms with E-state index in [1.165, 1.54) is 167 Å². The van der Waals surface area contributed by atoms with Crippen LogP contribution in [-0.2, 0) is 30.9 Å². The molecule has 0 unspecified atom stereocenters. The number of esters is 2. The number of hydrogen-bond acceptors (Lipinski definition) is 5. The minimum absolute atomic E-state index is 0.208. The van der Waals surface area contributed by atoms with E-state index in [-0.39, 0.29) is 17.6 Å². The van der Waals surface area contributed by atoms with Gasteiger partial charge in [0.1, 0.15) is 5.75 Å². The van der Waals surface area contributed by atoms with Crippen LogP contribution in [0.1, 0.15) is 257 Å². The Balaban J connectivity index is 2.38. The number of ether oxygens (including phenoxy) is 2. The molecular weight excluding hydrogens is 693 g/mol. The monoisotopic (exact) mass is 785 g/mol. The van der Waals surface area contributed by atoms with Crippen molar-refractivity contribution in [3.63, 3.8) is 0 Å². The number of carbonyl (C=O) groups excluding carboxylic acids is 2. The second kappa shape index (κ2) is 35.0. The molecule has 5 heteroatoms. The molecule has 326 valence electrons. The van der Waals surface area contributed by atoms with Crippen molar-refractivity contribution in [3.05, 3.63) is 28.8 Å². The number of phenolic OH excluding ortho intramolecular Hbond substituents is 1. The van der Waals surface area contributed by atoms with E-state index in [4.69, 9.17) is 9.47 Å². The molecule has 0 saturated carbocycles. The predicted molar refractivity (Wildman–Crippen MR) is 240 cm³/mol. The second-order valence-corrected chi connectivity index (χ2v) is 18.3. The van der Waals surface area contributed by atoms with Gasteiger partial charge in [-0.05, 0) is 48.3 Å². The minimum Gasteiger partial charge on any atom is -0.507 e. The van der Waals surface area contributed by atoms with E-state index in [0.717, 1.165) is 55.2 Å². The van der Waals surface area contributed by atoms with Crippen LogP contribution in [0.25, 0.3) is 0 Å². The number of unbranched alkanes of at least 4 members (excludes halogenated alkanes) is 30. The molecule has 0 aliphatic carbocycles. The van der Waals surface area contributed by atoms with Crippen LogP contribution in [0.3, 0.4) is 0 Å². The highest BCUT2D eigenvalue weighted by Gasteiger charge is 2.31. The van der Waals surface area contributed by atoms with Gasteiger partial charge in [-0.25, -0.2) is 0 Å². The molecular formula is C51H92O5. The summed E-state index contributed by atoms with van der Waals surface area (Å²) in [5, 5.41) is 10.8. The molecule has 0 heterocycles. The van der Waals surface area contributed by atoms with Gasteiger partial charge in [-0.2, -0.15) is 0 Å². The van der Waals surface area contributed by atoms with Gasteiger partial charge in [0, 0.05) is 0 Å². The SMILES string of the molecule is CCCCCCCCCCCCCCCCCCOC(=O)C(Cc1cc(C)c(O)c(C(C)(C)C)c1)C(=O)OCCCCCCCCCCCCCCCCCC. The van der Waals surface area contributed by atoms with Crippen molar-refractivity contribution in [1.82, 2.24) is 0 Å². The van der Waals surface area contributed by atoms with Gasteiger partial charge in [0.25, 0.3) is 0 Å². The third-order valence-electron chi connectivity index (χ3n) is 11.7. The summed E-state index contributed by atoms with van der Waals surface area (Å²) < 4.78 is 11.4. The van der Waals surface area contributed by atoms with E-state index in [2.05, 4.69) is 34.6 Å². The molecule has 1 aromatic rings. The Morgan fingerprint density at radius 2 is 0.786 bits per heavy atom. The van der Waals surface area contributed by atoms with Crippen LogP contribution in [0.2, 0.25) is 0 Å². The Bertz CT molecular complexity index is 1040. The lowest BCUT2D eigenvalue weighted by Crippen LogP contribution is -2.30. The maximum atomic E-state index is 13.4. The summed E-state index contributed by atoms with van der Waals surface area (Å²) in [7, 11) is 0. The molecule has 0 aliphatic rings.